The molecule has 0 aliphatic rings. The van der Waals surface area contributed by atoms with Gasteiger partial charge in [0.05, 0.1) is 13.1 Å². The molecule has 0 aromatic heterocycles. The van der Waals surface area contributed by atoms with Gasteiger partial charge in [-0.15, -0.1) is 0 Å². The van der Waals surface area contributed by atoms with Crippen LogP contribution in [0.25, 0.3) is 0 Å². The van der Waals surface area contributed by atoms with Gasteiger partial charge in [-0.1, -0.05) is 122 Å². The van der Waals surface area contributed by atoms with Crippen molar-refractivity contribution >= 4 is 53.2 Å². The second-order valence-electron chi connectivity index (χ2n) is 18.1. The third-order valence-corrected chi connectivity index (χ3v) is 11.0. The van der Waals surface area contributed by atoms with Crippen LogP contribution in [0.3, 0.4) is 0 Å². The van der Waals surface area contributed by atoms with Gasteiger partial charge in [0.1, 0.15) is 42.3 Å². The molecule has 0 spiro atoms. The van der Waals surface area contributed by atoms with Crippen LogP contribution in [0.1, 0.15) is 92.7 Å². The number of hydrogen-bond acceptors (Lipinski definition) is 10. The summed E-state index contributed by atoms with van der Waals surface area (Å²) >= 11 is 0. The van der Waals surface area contributed by atoms with Crippen LogP contribution in [-0.2, 0) is 56.0 Å². The molecule has 2 rings (SSSR count). The van der Waals surface area contributed by atoms with Crippen molar-refractivity contribution in [1.82, 2.24) is 42.5 Å². The van der Waals surface area contributed by atoms with Gasteiger partial charge in [0.2, 0.25) is 47.3 Å². The maximum Gasteiger partial charge on any atom is 0.326 e. The maximum atomic E-state index is 14.1. The number of carboxylic acids is 1. The molecular weight excluding hydrogens is 863 g/mol. The van der Waals surface area contributed by atoms with Crippen LogP contribution in [0, 0.1) is 29.6 Å². The Bertz CT molecular complexity index is 1970. The Morgan fingerprint density at radius 3 is 1.52 bits per heavy atom. The van der Waals surface area contributed by atoms with Crippen molar-refractivity contribution in [3.8, 4) is 0 Å². The van der Waals surface area contributed by atoms with Crippen LogP contribution in [0.5, 0.6) is 0 Å². The van der Waals surface area contributed by atoms with Crippen molar-refractivity contribution in [3.05, 3.63) is 71.8 Å². The molecular formula is C48H73N9O10. The number of carbonyl (C=O) groups excluding carboxylic acids is 8. The number of carboxylic acid groups (broad SMARTS) is 1. The van der Waals surface area contributed by atoms with Gasteiger partial charge in [0.25, 0.3) is 0 Å². The van der Waals surface area contributed by atoms with Crippen molar-refractivity contribution in [2.75, 3.05) is 13.1 Å². The van der Waals surface area contributed by atoms with Gasteiger partial charge in [0, 0.05) is 12.8 Å². The molecule has 370 valence electrons. The summed E-state index contributed by atoms with van der Waals surface area (Å²) in [4.78, 5) is 119. The third-order valence-electron chi connectivity index (χ3n) is 11.0. The molecule has 19 heteroatoms. The van der Waals surface area contributed by atoms with E-state index in [0.717, 1.165) is 5.56 Å². The summed E-state index contributed by atoms with van der Waals surface area (Å²) in [6.45, 7) is 14.8. The van der Waals surface area contributed by atoms with Gasteiger partial charge >= 0.3 is 5.97 Å². The zero-order chi connectivity index (χ0) is 50.4. The lowest BCUT2D eigenvalue weighted by atomic mass is 9.96. The smallest absolute Gasteiger partial charge is 0.326 e. The van der Waals surface area contributed by atoms with Gasteiger partial charge in [0.15, 0.2) is 0 Å². The molecule has 0 heterocycles. The lowest BCUT2D eigenvalue weighted by Crippen LogP contribution is -2.60. The number of benzene rings is 2. The molecule has 11 N–H and O–H groups in total. The van der Waals surface area contributed by atoms with Gasteiger partial charge in [-0.05, 0) is 54.6 Å². The molecule has 8 atom stereocenters. The van der Waals surface area contributed by atoms with Gasteiger partial charge < -0.3 is 53.4 Å². The molecule has 67 heavy (non-hydrogen) atoms. The summed E-state index contributed by atoms with van der Waals surface area (Å²) in [6.07, 6.45) is -0.0835. The number of hydrogen-bond donors (Lipinski definition) is 10. The second-order valence-corrected chi connectivity index (χ2v) is 18.1. The van der Waals surface area contributed by atoms with E-state index >= 15 is 0 Å². The molecule has 0 unspecified atom stereocenters. The average molecular weight is 936 g/mol. The number of aliphatic carboxylic acids is 1. The van der Waals surface area contributed by atoms with E-state index in [-0.39, 0.29) is 50.0 Å². The van der Waals surface area contributed by atoms with E-state index in [1.165, 1.54) is 6.92 Å². The SMILES string of the molecule is CC[C@H](C)[C@H](NC(=O)CN)C(=O)N[C@@H](CC(C)C)C(=O)NCC(=O)N[C@@H](Cc1ccccc1)C(=O)N[C@H](C(=O)N[C@@H](Cc1ccccc1)NC(=O)[C@H](C)C(=O)N[C@@H](CC(C)C)C(=O)O)C(C)C. The molecule has 0 aliphatic heterocycles. The third kappa shape index (κ3) is 20.4. The van der Waals surface area contributed by atoms with Crippen LogP contribution in [0.2, 0.25) is 0 Å². The van der Waals surface area contributed by atoms with Crippen LogP contribution < -0.4 is 48.3 Å². The largest absolute Gasteiger partial charge is 0.480 e. The van der Waals surface area contributed by atoms with Gasteiger partial charge in [-0.25, -0.2) is 4.79 Å². The van der Waals surface area contributed by atoms with Gasteiger partial charge in [-0.3, -0.25) is 38.4 Å². The first-order chi connectivity index (χ1) is 31.6. The zero-order valence-electron chi connectivity index (χ0n) is 40.3. The number of rotatable bonds is 28. The quantitative estimate of drug-likeness (QED) is 0.0425. The fourth-order valence-electron chi connectivity index (χ4n) is 6.94. The molecule has 8 amide bonds. The number of nitrogens with two attached hydrogens (primary N) is 1. The monoisotopic (exact) mass is 936 g/mol. The maximum absolute atomic E-state index is 14.1. The molecule has 0 saturated carbocycles. The Labute approximate surface area is 394 Å². The summed E-state index contributed by atoms with van der Waals surface area (Å²) in [7, 11) is 0. The fraction of sp³-hybridized carbons (Fsp3) is 0.562. The van der Waals surface area contributed by atoms with Crippen molar-refractivity contribution in [2.45, 2.75) is 131 Å². The van der Waals surface area contributed by atoms with Crippen LogP contribution in [0.15, 0.2) is 60.7 Å². The molecule has 2 aromatic rings. The molecule has 0 bridgehead atoms. The first-order valence-corrected chi connectivity index (χ1v) is 22.9. The summed E-state index contributed by atoms with van der Waals surface area (Å²) in [5.74, 6) is -8.97. The predicted octanol–water partition coefficient (Wildman–Crippen LogP) is 1.04. The van der Waals surface area contributed by atoms with E-state index in [4.69, 9.17) is 5.73 Å². The van der Waals surface area contributed by atoms with Crippen LogP contribution in [-0.4, -0.2) is 108 Å². The Kier molecular flexibility index (Phi) is 24.2. The fourth-order valence-corrected chi connectivity index (χ4v) is 6.94. The summed E-state index contributed by atoms with van der Waals surface area (Å²) < 4.78 is 0. The zero-order valence-corrected chi connectivity index (χ0v) is 40.3. The standard InChI is InChI=1S/C48H73N9O10/c1-10-30(8)41(56-38(58)25-49)47(65)52-34(21-27(2)3)44(62)50-26-39(59)51-35(23-32-17-13-11-14-18-32)45(63)57-40(29(6)7)46(64)55-37(24-33-19-15-12-16-20-33)54-43(61)31(9)42(60)53-36(48(66)67)22-28(4)5/h11-20,27-31,34-37,40-41H,10,21-26,49H2,1-9H3,(H,50,62)(H,51,59)(H,52,65)(H,53,60)(H,54,61)(H,55,64)(H,56,58)(H,57,63)(H,66,67)/t30-,31+,34-,35-,36-,37-,40-,41-/m0/s1. The highest BCUT2D eigenvalue weighted by Crippen LogP contribution is 2.13. The molecule has 0 saturated heterocycles. The lowest BCUT2D eigenvalue weighted by Gasteiger charge is -2.29. The molecule has 19 nitrogen and oxygen atoms in total. The topological polar surface area (TPSA) is 296 Å². The highest BCUT2D eigenvalue weighted by atomic mass is 16.4. The predicted molar refractivity (Wildman–Crippen MR) is 252 cm³/mol. The number of nitrogens with one attached hydrogen (secondary N) is 8. The van der Waals surface area contributed by atoms with E-state index in [2.05, 4.69) is 42.5 Å². The second kappa shape index (κ2) is 28.6. The highest BCUT2D eigenvalue weighted by molar-refractivity contribution is 6.01. The van der Waals surface area contributed by atoms with Crippen molar-refractivity contribution in [2.24, 2.45) is 35.3 Å². The molecule has 0 radical (unpaired) electrons. The molecule has 0 aliphatic carbocycles. The number of carbonyl (C=O) groups is 9. The number of amides is 8. The first-order valence-electron chi connectivity index (χ1n) is 22.9. The highest BCUT2D eigenvalue weighted by Gasteiger charge is 2.34. The van der Waals surface area contributed by atoms with Crippen molar-refractivity contribution in [3.63, 3.8) is 0 Å². The normalized spacial score (nSPS) is 14.8. The van der Waals surface area contributed by atoms with Crippen LogP contribution >= 0.6 is 0 Å². The van der Waals surface area contributed by atoms with Crippen molar-refractivity contribution < 1.29 is 48.3 Å². The summed E-state index contributed by atoms with van der Waals surface area (Å²) in [5.41, 5.74) is 6.86. The Morgan fingerprint density at radius 2 is 1.01 bits per heavy atom. The lowest BCUT2D eigenvalue weighted by molar-refractivity contribution is -0.144. The van der Waals surface area contributed by atoms with Gasteiger partial charge in [-0.2, -0.15) is 0 Å². The van der Waals surface area contributed by atoms with E-state index in [1.54, 1.807) is 95.3 Å². The van der Waals surface area contributed by atoms with E-state index < -0.39 is 108 Å². The minimum Gasteiger partial charge on any atom is -0.480 e. The summed E-state index contributed by atoms with van der Waals surface area (Å²) in [5, 5.41) is 30.8. The Morgan fingerprint density at radius 1 is 0.522 bits per heavy atom. The van der Waals surface area contributed by atoms with E-state index in [1.807, 2.05) is 20.8 Å². The molecule has 2 aromatic carbocycles. The van der Waals surface area contributed by atoms with Crippen molar-refractivity contribution in [1.29, 1.82) is 0 Å². The summed E-state index contributed by atoms with van der Waals surface area (Å²) in [6, 6.07) is 12.1. The minimum absolute atomic E-state index is 0.00287. The minimum atomic E-state index is -1.34. The first kappa shape index (κ1) is 56.8. The molecule has 0 fully saturated rings. The van der Waals surface area contributed by atoms with Crippen LogP contribution in [0.4, 0.5) is 0 Å². The van der Waals surface area contributed by atoms with E-state index in [9.17, 15) is 48.3 Å². The Hall–Kier alpha value is -6.37. The average Bonchev–Trinajstić information content (AvgIpc) is 3.27. The Balaban J connectivity index is 2.30. The van der Waals surface area contributed by atoms with E-state index in [0.29, 0.717) is 12.0 Å².